The fraction of sp³-hybridized carbons (Fsp3) is 0.478. The van der Waals surface area contributed by atoms with E-state index in [1.54, 1.807) is 0 Å². The summed E-state index contributed by atoms with van der Waals surface area (Å²) in [7, 11) is 0. The number of hydrogen-bond acceptors (Lipinski definition) is 6. The Morgan fingerprint density at radius 1 is 1.12 bits per heavy atom. The molecule has 0 spiro atoms. The molecule has 3 fully saturated rings. The van der Waals surface area contributed by atoms with Crippen molar-refractivity contribution in [2.24, 2.45) is 0 Å². The number of carbonyl (C=O) groups is 2. The highest BCUT2D eigenvalue weighted by molar-refractivity contribution is 5.79. The van der Waals surface area contributed by atoms with Gasteiger partial charge in [0, 0.05) is 38.2 Å². The number of carbonyl (C=O) groups excluding carboxylic acids is 2. The van der Waals surface area contributed by atoms with Gasteiger partial charge >= 0.3 is 6.03 Å². The van der Waals surface area contributed by atoms with Gasteiger partial charge in [-0.3, -0.25) is 4.79 Å². The van der Waals surface area contributed by atoms with Crippen LogP contribution in [0.5, 0.6) is 11.5 Å². The Balaban J connectivity index is 1.14. The Morgan fingerprint density at radius 3 is 2.69 bits per heavy atom. The van der Waals surface area contributed by atoms with Crippen LogP contribution in [0.2, 0.25) is 0 Å². The second-order valence-electron chi connectivity index (χ2n) is 8.75. The summed E-state index contributed by atoms with van der Waals surface area (Å²) in [5.41, 5.74) is 2.74. The smallest absolute Gasteiger partial charge is 0.320 e. The maximum absolute atomic E-state index is 12.9. The van der Waals surface area contributed by atoms with Gasteiger partial charge in [0.2, 0.25) is 5.91 Å². The molecule has 3 aliphatic heterocycles. The zero-order valence-electron chi connectivity index (χ0n) is 18.3. The number of benzene rings is 1. The molecule has 0 bridgehead atoms. The van der Waals surface area contributed by atoms with Crippen LogP contribution in [0.3, 0.4) is 0 Å². The molecule has 0 saturated carbocycles. The molecule has 1 unspecified atom stereocenters. The number of urea groups is 1. The van der Waals surface area contributed by atoms with Gasteiger partial charge in [-0.1, -0.05) is 12.1 Å². The Labute approximate surface area is 186 Å². The van der Waals surface area contributed by atoms with Crippen LogP contribution >= 0.6 is 0 Å². The molecule has 9 heteroatoms. The first-order valence-corrected chi connectivity index (χ1v) is 11.0. The molecule has 32 heavy (non-hydrogen) atoms. The van der Waals surface area contributed by atoms with Crippen LogP contribution in [0.25, 0.3) is 0 Å². The molecular weight excluding hydrogens is 410 g/mol. The van der Waals surface area contributed by atoms with Gasteiger partial charge in [-0.15, -0.1) is 0 Å². The van der Waals surface area contributed by atoms with E-state index >= 15 is 0 Å². The Morgan fingerprint density at radius 2 is 1.91 bits per heavy atom. The van der Waals surface area contributed by atoms with E-state index in [1.165, 1.54) is 5.56 Å². The summed E-state index contributed by atoms with van der Waals surface area (Å²) >= 11 is 0. The van der Waals surface area contributed by atoms with Crippen molar-refractivity contribution in [2.45, 2.75) is 38.3 Å². The van der Waals surface area contributed by atoms with E-state index in [0.717, 1.165) is 23.6 Å². The Kier molecular flexibility index (Phi) is 5.42. The third kappa shape index (κ3) is 4.12. The molecular formula is C23H27N5O4. The Hall–Kier alpha value is -3.20. The molecule has 2 aromatic rings. The number of nitrogens with zero attached hydrogens (tertiary/aromatic N) is 4. The van der Waals surface area contributed by atoms with Crippen LogP contribution < -0.4 is 10.1 Å². The average Bonchev–Trinajstić information content (AvgIpc) is 2.76. The zero-order valence-corrected chi connectivity index (χ0v) is 18.3. The van der Waals surface area contributed by atoms with Crippen LogP contribution in [0, 0.1) is 13.8 Å². The predicted molar refractivity (Wildman–Crippen MR) is 116 cm³/mol. The van der Waals surface area contributed by atoms with Crippen LogP contribution in [-0.4, -0.2) is 76.9 Å². The van der Waals surface area contributed by atoms with E-state index in [-0.39, 0.29) is 30.7 Å². The summed E-state index contributed by atoms with van der Waals surface area (Å²) in [5, 5.41) is 11.1. The van der Waals surface area contributed by atoms with Gasteiger partial charge in [0.1, 0.15) is 18.1 Å². The molecule has 1 N–H and O–H groups in total. The molecule has 3 saturated heterocycles. The summed E-state index contributed by atoms with van der Waals surface area (Å²) in [6, 6.07) is 9.81. The summed E-state index contributed by atoms with van der Waals surface area (Å²) in [4.78, 5) is 28.2. The fourth-order valence-electron chi connectivity index (χ4n) is 4.48. The normalized spacial score (nSPS) is 23.2. The number of hydrogen-bond donors (Lipinski definition) is 1. The van der Waals surface area contributed by atoms with E-state index in [0.29, 0.717) is 37.8 Å². The molecule has 9 nitrogen and oxygen atoms in total. The van der Waals surface area contributed by atoms with Gasteiger partial charge in [-0.05, 0) is 38.0 Å². The summed E-state index contributed by atoms with van der Waals surface area (Å²) in [6.45, 7) is 6.42. The number of ether oxygens (including phenoxy) is 2. The van der Waals surface area contributed by atoms with E-state index in [2.05, 4.69) is 27.6 Å². The lowest BCUT2D eigenvalue weighted by Gasteiger charge is -2.46. The maximum atomic E-state index is 12.9. The molecule has 0 radical (unpaired) electrons. The van der Waals surface area contributed by atoms with E-state index in [9.17, 15) is 9.59 Å². The van der Waals surface area contributed by atoms with Gasteiger partial charge in [0.25, 0.3) is 0 Å². The summed E-state index contributed by atoms with van der Waals surface area (Å²) < 4.78 is 11.5. The van der Waals surface area contributed by atoms with Gasteiger partial charge in [0.05, 0.1) is 17.8 Å². The van der Waals surface area contributed by atoms with Crippen molar-refractivity contribution in [3.8, 4) is 11.5 Å². The minimum atomic E-state index is -0.110. The standard InChI is InChI=1S/C23H27N5O4/c1-14-9-21(15(2)26-25-14)32-18-5-3-16(4-6-18)17-10-28(11-17)23(30)27-8-7-20-19(12-27)24-22(29)13-31-20/h3-6,9,17,19-20H,7-8,10-13H2,1-2H3,(H,24,29)/t19?,20-/m0/s1. The van der Waals surface area contributed by atoms with Gasteiger partial charge in [0.15, 0.2) is 5.75 Å². The van der Waals surface area contributed by atoms with Crippen LogP contribution in [0.15, 0.2) is 30.3 Å². The lowest BCUT2D eigenvalue weighted by molar-refractivity contribution is -0.139. The molecule has 3 amide bonds. The van der Waals surface area contributed by atoms with Gasteiger partial charge in [-0.25, -0.2) is 4.79 Å². The molecule has 4 heterocycles. The first kappa shape index (κ1) is 20.7. The van der Waals surface area contributed by atoms with Crippen molar-refractivity contribution in [1.82, 2.24) is 25.3 Å². The SMILES string of the molecule is Cc1cc(Oc2ccc(C3CN(C(=O)N4CC[C@@H]5OCC(=O)NC5C4)C3)cc2)c(C)nn1. The van der Waals surface area contributed by atoms with Crippen molar-refractivity contribution in [1.29, 1.82) is 0 Å². The van der Waals surface area contributed by atoms with Crippen LogP contribution in [0.1, 0.15) is 29.3 Å². The molecule has 168 valence electrons. The topological polar surface area (TPSA) is 96.9 Å². The predicted octanol–water partition coefficient (Wildman–Crippen LogP) is 1.99. The number of morpholine rings is 1. The van der Waals surface area contributed by atoms with Crippen LogP contribution in [0.4, 0.5) is 4.79 Å². The number of piperidine rings is 1. The van der Waals surface area contributed by atoms with E-state index in [1.807, 2.05) is 41.8 Å². The number of amides is 3. The fourth-order valence-corrected chi connectivity index (χ4v) is 4.48. The summed E-state index contributed by atoms with van der Waals surface area (Å²) in [5.74, 6) is 1.66. The average molecular weight is 438 g/mol. The molecule has 3 aliphatic rings. The summed E-state index contributed by atoms with van der Waals surface area (Å²) in [6.07, 6.45) is 0.763. The van der Waals surface area contributed by atoms with E-state index in [4.69, 9.17) is 9.47 Å². The number of rotatable bonds is 3. The first-order chi connectivity index (χ1) is 15.5. The minimum Gasteiger partial charge on any atom is -0.455 e. The highest BCUT2D eigenvalue weighted by atomic mass is 16.5. The monoisotopic (exact) mass is 437 g/mol. The van der Waals surface area contributed by atoms with Crippen molar-refractivity contribution in [2.75, 3.05) is 32.8 Å². The van der Waals surface area contributed by atoms with Gasteiger partial charge < -0.3 is 24.6 Å². The second kappa shape index (κ2) is 8.38. The number of aromatic nitrogens is 2. The van der Waals surface area contributed by atoms with Crippen LogP contribution in [-0.2, 0) is 9.53 Å². The lowest BCUT2D eigenvalue weighted by Crippen LogP contribution is -2.63. The Bertz CT molecular complexity index is 1020. The highest BCUT2D eigenvalue weighted by Crippen LogP contribution is 2.31. The molecule has 1 aromatic carbocycles. The highest BCUT2D eigenvalue weighted by Gasteiger charge is 2.40. The quantitative estimate of drug-likeness (QED) is 0.789. The number of likely N-dealkylation sites (tertiary alicyclic amines) is 2. The largest absolute Gasteiger partial charge is 0.455 e. The number of nitrogens with one attached hydrogen (secondary N) is 1. The third-order valence-electron chi connectivity index (χ3n) is 6.38. The third-order valence-corrected chi connectivity index (χ3v) is 6.38. The lowest BCUT2D eigenvalue weighted by atomic mass is 9.91. The number of fused-ring (bicyclic) bond motifs is 1. The van der Waals surface area contributed by atoms with Crippen molar-refractivity contribution < 1.29 is 19.1 Å². The number of aryl methyl sites for hydroxylation is 2. The molecule has 2 atom stereocenters. The molecule has 5 rings (SSSR count). The van der Waals surface area contributed by atoms with Crippen molar-refractivity contribution in [3.63, 3.8) is 0 Å². The van der Waals surface area contributed by atoms with E-state index < -0.39 is 0 Å². The second-order valence-corrected chi connectivity index (χ2v) is 8.75. The first-order valence-electron chi connectivity index (χ1n) is 11.0. The molecule has 0 aliphatic carbocycles. The zero-order chi connectivity index (χ0) is 22.2. The van der Waals surface area contributed by atoms with Crippen molar-refractivity contribution in [3.05, 3.63) is 47.3 Å². The van der Waals surface area contributed by atoms with Crippen molar-refractivity contribution >= 4 is 11.9 Å². The maximum Gasteiger partial charge on any atom is 0.320 e. The molecule has 1 aromatic heterocycles. The minimum absolute atomic E-state index is 0.0113. The van der Waals surface area contributed by atoms with Gasteiger partial charge in [-0.2, -0.15) is 10.2 Å².